The minimum absolute atomic E-state index is 0.00169. The van der Waals surface area contributed by atoms with Crippen LogP contribution >= 0.6 is 0 Å². The summed E-state index contributed by atoms with van der Waals surface area (Å²) in [6.45, 7) is 10.9. The standard InChI is InChI=1S/C24H33N3O4/c1-17(2)27(24(29)22-16-18(3)31-19(22)4)11-10-23(28)26-14-12-25(13-15-26)20-6-8-21(30-5)9-7-20/h6-9,16-17H,10-15H2,1-5H3. The van der Waals surface area contributed by atoms with Crippen molar-refractivity contribution in [2.45, 2.75) is 40.2 Å². The second-order valence-corrected chi connectivity index (χ2v) is 8.24. The predicted molar refractivity (Wildman–Crippen MR) is 121 cm³/mol. The van der Waals surface area contributed by atoms with Crippen LogP contribution in [-0.4, -0.2) is 67.5 Å². The van der Waals surface area contributed by atoms with Gasteiger partial charge < -0.3 is 23.9 Å². The lowest BCUT2D eigenvalue weighted by Crippen LogP contribution is -2.49. The minimum atomic E-state index is -0.0820. The van der Waals surface area contributed by atoms with E-state index in [1.165, 1.54) is 0 Å². The summed E-state index contributed by atoms with van der Waals surface area (Å²) >= 11 is 0. The number of hydrogen-bond donors (Lipinski definition) is 0. The number of nitrogens with zero attached hydrogens (tertiary/aromatic N) is 3. The SMILES string of the molecule is COc1ccc(N2CCN(C(=O)CCN(C(=O)c3cc(C)oc3C)C(C)C)CC2)cc1. The molecule has 7 nitrogen and oxygen atoms in total. The van der Waals surface area contributed by atoms with Crippen molar-refractivity contribution >= 4 is 17.5 Å². The maximum atomic E-state index is 13.0. The molecular formula is C24H33N3O4. The maximum absolute atomic E-state index is 13.0. The first kappa shape index (κ1) is 22.7. The van der Waals surface area contributed by atoms with E-state index in [0.29, 0.717) is 37.4 Å². The van der Waals surface area contributed by atoms with Gasteiger partial charge in [0.15, 0.2) is 0 Å². The summed E-state index contributed by atoms with van der Waals surface area (Å²) in [6.07, 6.45) is 0.322. The Morgan fingerprint density at radius 2 is 1.74 bits per heavy atom. The van der Waals surface area contributed by atoms with Gasteiger partial charge in [-0.15, -0.1) is 0 Å². The van der Waals surface area contributed by atoms with E-state index >= 15 is 0 Å². The largest absolute Gasteiger partial charge is 0.497 e. The van der Waals surface area contributed by atoms with E-state index in [-0.39, 0.29) is 17.9 Å². The summed E-state index contributed by atoms with van der Waals surface area (Å²) in [6, 6.07) is 9.76. The van der Waals surface area contributed by atoms with Crippen LogP contribution in [0.25, 0.3) is 0 Å². The lowest BCUT2D eigenvalue weighted by molar-refractivity contribution is -0.131. The molecule has 2 aromatic rings. The van der Waals surface area contributed by atoms with E-state index in [0.717, 1.165) is 30.3 Å². The number of anilines is 1. The fourth-order valence-electron chi connectivity index (χ4n) is 3.97. The highest BCUT2D eigenvalue weighted by Gasteiger charge is 2.26. The second kappa shape index (κ2) is 9.90. The molecule has 0 radical (unpaired) electrons. The molecule has 0 bridgehead atoms. The van der Waals surface area contributed by atoms with Crippen LogP contribution in [0.1, 0.15) is 42.1 Å². The summed E-state index contributed by atoms with van der Waals surface area (Å²) in [5, 5.41) is 0. The minimum Gasteiger partial charge on any atom is -0.497 e. The number of rotatable bonds is 7. The number of methoxy groups -OCH3 is 1. The van der Waals surface area contributed by atoms with Crippen molar-refractivity contribution in [3.05, 3.63) is 47.4 Å². The fraction of sp³-hybridized carbons (Fsp3) is 0.500. The van der Waals surface area contributed by atoms with Crippen molar-refractivity contribution in [3.8, 4) is 5.75 Å². The lowest BCUT2D eigenvalue weighted by Gasteiger charge is -2.36. The average Bonchev–Trinajstić information content (AvgIpc) is 3.11. The van der Waals surface area contributed by atoms with Crippen LogP contribution in [0.3, 0.4) is 0 Å². The molecule has 1 aromatic heterocycles. The van der Waals surface area contributed by atoms with Gasteiger partial charge in [0.25, 0.3) is 5.91 Å². The van der Waals surface area contributed by atoms with Crippen LogP contribution in [-0.2, 0) is 4.79 Å². The molecule has 0 atom stereocenters. The van der Waals surface area contributed by atoms with Crippen molar-refractivity contribution in [1.29, 1.82) is 0 Å². The van der Waals surface area contributed by atoms with E-state index in [2.05, 4.69) is 4.90 Å². The number of ether oxygens (including phenoxy) is 1. The van der Waals surface area contributed by atoms with Gasteiger partial charge in [-0.1, -0.05) is 0 Å². The topological polar surface area (TPSA) is 66.2 Å². The van der Waals surface area contributed by atoms with E-state index < -0.39 is 0 Å². The van der Waals surface area contributed by atoms with E-state index in [4.69, 9.17) is 9.15 Å². The van der Waals surface area contributed by atoms with Gasteiger partial charge in [0.05, 0.1) is 12.7 Å². The Balaban J connectivity index is 1.53. The first-order chi connectivity index (χ1) is 14.8. The molecule has 3 rings (SSSR count). The number of furan rings is 1. The van der Waals surface area contributed by atoms with E-state index in [1.807, 2.05) is 49.9 Å². The van der Waals surface area contributed by atoms with Crippen LogP contribution in [0.4, 0.5) is 5.69 Å². The van der Waals surface area contributed by atoms with Gasteiger partial charge in [-0.25, -0.2) is 0 Å². The highest BCUT2D eigenvalue weighted by Crippen LogP contribution is 2.21. The van der Waals surface area contributed by atoms with Crippen molar-refractivity contribution < 1.29 is 18.7 Å². The quantitative estimate of drug-likeness (QED) is 0.677. The summed E-state index contributed by atoms with van der Waals surface area (Å²) in [5.74, 6) is 2.18. The third kappa shape index (κ3) is 5.40. The number of amides is 2. The third-order valence-electron chi connectivity index (χ3n) is 5.79. The third-order valence-corrected chi connectivity index (χ3v) is 5.79. The van der Waals surface area contributed by atoms with Gasteiger partial charge >= 0.3 is 0 Å². The average molecular weight is 428 g/mol. The van der Waals surface area contributed by atoms with Crippen molar-refractivity contribution in [2.24, 2.45) is 0 Å². The fourth-order valence-corrected chi connectivity index (χ4v) is 3.97. The molecule has 0 spiro atoms. The molecule has 2 heterocycles. The molecule has 168 valence electrons. The number of benzene rings is 1. The molecule has 1 fully saturated rings. The Hall–Kier alpha value is -2.96. The van der Waals surface area contributed by atoms with Gasteiger partial charge in [-0.3, -0.25) is 9.59 Å². The predicted octanol–water partition coefficient (Wildman–Crippen LogP) is 3.49. The molecule has 0 unspecified atom stereocenters. The normalized spacial score (nSPS) is 14.1. The Morgan fingerprint density at radius 3 is 2.26 bits per heavy atom. The van der Waals surface area contributed by atoms with Crippen LogP contribution in [0.15, 0.2) is 34.7 Å². The van der Waals surface area contributed by atoms with Crippen molar-refractivity contribution in [3.63, 3.8) is 0 Å². The Kier molecular flexibility index (Phi) is 7.25. The zero-order valence-electron chi connectivity index (χ0n) is 19.2. The molecule has 1 aliphatic heterocycles. The monoisotopic (exact) mass is 427 g/mol. The molecule has 2 amide bonds. The summed E-state index contributed by atoms with van der Waals surface area (Å²) in [7, 11) is 1.66. The molecular weight excluding hydrogens is 394 g/mol. The second-order valence-electron chi connectivity index (χ2n) is 8.24. The molecule has 7 heteroatoms. The van der Waals surface area contributed by atoms with Gasteiger partial charge in [-0.05, 0) is 58.0 Å². The summed E-state index contributed by atoms with van der Waals surface area (Å²) in [4.78, 5) is 31.7. The Labute approximate surface area is 184 Å². The van der Waals surface area contributed by atoms with Crippen molar-refractivity contribution in [2.75, 3.05) is 44.7 Å². The van der Waals surface area contributed by atoms with E-state index in [1.54, 1.807) is 25.0 Å². The molecule has 0 saturated carbocycles. The molecule has 1 aromatic carbocycles. The zero-order chi connectivity index (χ0) is 22.5. The van der Waals surface area contributed by atoms with Gasteiger partial charge in [-0.2, -0.15) is 0 Å². The van der Waals surface area contributed by atoms with E-state index in [9.17, 15) is 9.59 Å². The van der Waals surface area contributed by atoms with Crippen LogP contribution in [0.5, 0.6) is 5.75 Å². The molecule has 0 N–H and O–H groups in total. The van der Waals surface area contributed by atoms with Crippen LogP contribution in [0.2, 0.25) is 0 Å². The smallest absolute Gasteiger partial charge is 0.257 e. The van der Waals surface area contributed by atoms with Crippen LogP contribution < -0.4 is 9.64 Å². The summed E-state index contributed by atoms with van der Waals surface area (Å²) in [5.41, 5.74) is 1.71. The van der Waals surface area contributed by atoms with Crippen LogP contribution in [0, 0.1) is 13.8 Å². The molecule has 1 saturated heterocycles. The number of carbonyl (C=O) groups excluding carboxylic acids is 2. The molecule has 1 aliphatic rings. The van der Waals surface area contributed by atoms with Crippen molar-refractivity contribution in [1.82, 2.24) is 9.80 Å². The number of aryl methyl sites for hydroxylation is 2. The Bertz CT molecular complexity index is 896. The lowest BCUT2D eigenvalue weighted by atomic mass is 10.1. The first-order valence-corrected chi connectivity index (χ1v) is 10.8. The van der Waals surface area contributed by atoms with Gasteiger partial charge in [0.1, 0.15) is 17.3 Å². The zero-order valence-corrected chi connectivity index (χ0v) is 19.2. The number of hydrogen-bond acceptors (Lipinski definition) is 5. The van der Waals surface area contributed by atoms with Gasteiger partial charge in [0, 0.05) is 50.9 Å². The molecule has 0 aliphatic carbocycles. The summed E-state index contributed by atoms with van der Waals surface area (Å²) < 4.78 is 10.7. The number of piperazine rings is 1. The number of carbonyl (C=O) groups is 2. The van der Waals surface area contributed by atoms with Gasteiger partial charge in [0.2, 0.25) is 5.91 Å². The highest BCUT2D eigenvalue weighted by molar-refractivity contribution is 5.95. The highest BCUT2D eigenvalue weighted by atomic mass is 16.5. The molecule has 31 heavy (non-hydrogen) atoms. The maximum Gasteiger partial charge on any atom is 0.257 e. The first-order valence-electron chi connectivity index (χ1n) is 10.8. The Morgan fingerprint density at radius 1 is 1.10 bits per heavy atom.